The van der Waals surface area contributed by atoms with Gasteiger partial charge in [0.05, 0.1) is 7.11 Å². The minimum Gasteiger partial charge on any atom is -0.497 e. The molecule has 0 bridgehead atoms. The second kappa shape index (κ2) is 11.1. The van der Waals surface area contributed by atoms with Gasteiger partial charge < -0.3 is 15.4 Å². The van der Waals surface area contributed by atoms with Crippen LogP contribution < -0.4 is 15.4 Å². The fraction of sp³-hybridized carbons (Fsp3) is 0.667. The van der Waals surface area contributed by atoms with Crippen LogP contribution in [0.5, 0.6) is 5.75 Å². The van der Waals surface area contributed by atoms with Crippen LogP contribution in [0.3, 0.4) is 0 Å². The number of methoxy groups -OCH3 is 1. The number of aliphatic imine (C=N–C) groups is 1. The van der Waals surface area contributed by atoms with Gasteiger partial charge in [0.2, 0.25) is 0 Å². The lowest BCUT2D eigenvalue weighted by molar-refractivity contribution is 0.122. The van der Waals surface area contributed by atoms with Gasteiger partial charge in [-0.05, 0) is 56.5 Å². The normalized spacial score (nSPS) is 21.5. The Kier molecular flexibility index (Phi) is 8.75. The number of piperidine rings is 1. The Bertz CT molecular complexity index is 543. The third-order valence-electron chi connectivity index (χ3n) is 5.29. The van der Waals surface area contributed by atoms with Crippen LogP contribution >= 0.6 is 0 Å². The molecule has 1 aromatic rings. The van der Waals surface area contributed by atoms with E-state index in [4.69, 9.17) is 4.74 Å². The van der Waals surface area contributed by atoms with Gasteiger partial charge in [0, 0.05) is 26.2 Å². The van der Waals surface area contributed by atoms with E-state index < -0.39 is 0 Å². The molecule has 2 rings (SSSR count). The van der Waals surface area contributed by atoms with Crippen LogP contribution in [-0.2, 0) is 0 Å². The average Bonchev–Trinajstić information content (AvgIpc) is 2.67. The molecule has 1 aliphatic rings. The highest BCUT2D eigenvalue weighted by molar-refractivity contribution is 5.79. The monoisotopic (exact) mass is 360 g/mol. The zero-order valence-corrected chi connectivity index (χ0v) is 16.9. The smallest absolute Gasteiger partial charge is 0.190 e. The molecule has 5 nitrogen and oxygen atoms in total. The standard InChI is InChI=1S/C21H36N4O/c1-5-6-7-14-23-21(22-2)24-16-18-9-8-15-25(3)20(18)17-10-12-19(26-4)13-11-17/h10-13,18,20H,5-9,14-16H2,1-4H3,(H2,22,23,24). The quantitative estimate of drug-likeness (QED) is 0.424. The number of rotatable bonds is 8. The Balaban J connectivity index is 1.96. The van der Waals surface area contributed by atoms with Crippen LogP contribution in [0.2, 0.25) is 0 Å². The first-order valence-corrected chi connectivity index (χ1v) is 9.98. The summed E-state index contributed by atoms with van der Waals surface area (Å²) in [4.78, 5) is 6.86. The molecule has 5 heteroatoms. The lowest BCUT2D eigenvalue weighted by Gasteiger charge is -2.40. The fourth-order valence-electron chi connectivity index (χ4n) is 3.83. The average molecular weight is 361 g/mol. The van der Waals surface area contributed by atoms with Gasteiger partial charge in [0.1, 0.15) is 5.75 Å². The first kappa shape index (κ1) is 20.6. The SMILES string of the molecule is CCCCCNC(=NC)NCC1CCCN(C)C1c1ccc(OC)cc1. The van der Waals surface area contributed by atoms with Crippen LogP contribution in [0.15, 0.2) is 29.3 Å². The van der Waals surface area contributed by atoms with E-state index in [9.17, 15) is 0 Å². The minimum atomic E-state index is 0.431. The van der Waals surface area contributed by atoms with Gasteiger partial charge in [-0.15, -0.1) is 0 Å². The first-order valence-electron chi connectivity index (χ1n) is 9.98. The Labute approximate surface area is 159 Å². The molecule has 2 atom stereocenters. The number of likely N-dealkylation sites (tertiary alicyclic amines) is 1. The molecule has 1 aromatic carbocycles. The summed E-state index contributed by atoms with van der Waals surface area (Å²) in [5.74, 6) is 2.40. The molecule has 0 aliphatic carbocycles. The highest BCUT2D eigenvalue weighted by atomic mass is 16.5. The summed E-state index contributed by atoms with van der Waals surface area (Å²) in [5.41, 5.74) is 1.37. The zero-order chi connectivity index (χ0) is 18.8. The molecule has 2 unspecified atom stereocenters. The molecule has 1 heterocycles. The molecule has 0 spiro atoms. The Hall–Kier alpha value is -1.75. The van der Waals surface area contributed by atoms with Gasteiger partial charge in [-0.25, -0.2) is 0 Å². The largest absolute Gasteiger partial charge is 0.497 e. The first-order chi connectivity index (χ1) is 12.7. The van der Waals surface area contributed by atoms with Gasteiger partial charge in [-0.1, -0.05) is 31.9 Å². The summed E-state index contributed by atoms with van der Waals surface area (Å²) in [5, 5.41) is 6.98. The molecule has 1 saturated heterocycles. The maximum absolute atomic E-state index is 5.31. The van der Waals surface area contributed by atoms with E-state index in [2.05, 4.69) is 58.8 Å². The van der Waals surface area contributed by atoms with Crippen LogP contribution in [0.4, 0.5) is 0 Å². The summed E-state index contributed by atoms with van der Waals surface area (Å²) in [7, 11) is 5.80. The Morgan fingerprint density at radius 2 is 2.00 bits per heavy atom. The number of benzene rings is 1. The van der Waals surface area contributed by atoms with Crippen molar-refractivity contribution in [3.8, 4) is 5.75 Å². The number of hydrogen-bond donors (Lipinski definition) is 2. The third-order valence-corrected chi connectivity index (χ3v) is 5.29. The van der Waals surface area contributed by atoms with E-state index >= 15 is 0 Å². The van der Waals surface area contributed by atoms with Crippen molar-refractivity contribution in [2.24, 2.45) is 10.9 Å². The van der Waals surface area contributed by atoms with E-state index in [1.807, 2.05) is 7.05 Å². The maximum atomic E-state index is 5.31. The van der Waals surface area contributed by atoms with Crippen molar-refractivity contribution in [1.82, 2.24) is 15.5 Å². The van der Waals surface area contributed by atoms with E-state index in [0.717, 1.165) is 31.3 Å². The molecule has 2 N–H and O–H groups in total. The number of unbranched alkanes of at least 4 members (excludes halogenated alkanes) is 2. The van der Waals surface area contributed by atoms with Crippen molar-refractivity contribution < 1.29 is 4.74 Å². The maximum Gasteiger partial charge on any atom is 0.190 e. The highest BCUT2D eigenvalue weighted by Crippen LogP contribution is 2.35. The second-order valence-electron chi connectivity index (χ2n) is 7.19. The van der Waals surface area contributed by atoms with E-state index in [1.165, 1.54) is 37.7 Å². The molecule has 0 amide bonds. The number of ether oxygens (including phenoxy) is 1. The molecule has 0 aromatic heterocycles. The van der Waals surface area contributed by atoms with Gasteiger partial charge in [0.25, 0.3) is 0 Å². The lowest BCUT2D eigenvalue weighted by Crippen LogP contribution is -2.45. The second-order valence-corrected chi connectivity index (χ2v) is 7.19. The molecule has 146 valence electrons. The van der Waals surface area contributed by atoms with E-state index in [1.54, 1.807) is 7.11 Å². The molecule has 0 saturated carbocycles. The topological polar surface area (TPSA) is 48.9 Å². The van der Waals surface area contributed by atoms with Crippen LogP contribution in [-0.4, -0.2) is 51.7 Å². The van der Waals surface area contributed by atoms with Crippen molar-refractivity contribution >= 4 is 5.96 Å². The van der Waals surface area contributed by atoms with Crippen molar-refractivity contribution in [3.05, 3.63) is 29.8 Å². The van der Waals surface area contributed by atoms with Crippen LogP contribution in [0, 0.1) is 5.92 Å². The molecule has 1 fully saturated rings. The summed E-state index contributed by atoms with van der Waals surface area (Å²) in [6, 6.07) is 8.97. The zero-order valence-electron chi connectivity index (χ0n) is 16.9. The van der Waals surface area contributed by atoms with Crippen molar-refractivity contribution in [3.63, 3.8) is 0 Å². The predicted octanol–water partition coefficient (Wildman–Crippen LogP) is 3.43. The third kappa shape index (κ3) is 5.90. The molecular formula is C21H36N4O. The van der Waals surface area contributed by atoms with Crippen molar-refractivity contribution in [2.45, 2.75) is 45.1 Å². The van der Waals surface area contributed by atoms with E-state index in [-0.39, 0.29) is 0 Å². The summed E-state index contributed by atoms with van der Waals surface area (Å²) >= 11 is 0. The summed E-state index contributed by atoms with van der Waals surface area (Å²) in [6.45, 7) is 5.30. The van der Waals surface area contributed by atoms with Gasteiger partial charge >= 0.3 is 0 Å². The Morgan fingerprint density at radius 1 is 1.23 bits per heavy atom. The van der Waals surface area contributed by atoms with Crippen LogP contribution in [0.1, 0.15) is 50.6 Å². The minimum absolute atomic E-state index is 0.431. The lowest BCUT2D eigenvalue weighted by atomic mass is 9.85. The fourth-order valence-corrected chi connectivity index (χ4v) is 3.83. The number of hydrogen-bond acceptors (Lipinski definition) is 3. The van der Waals surface area contributed by atoms with Crippen molar-refractivity contribution in [2.75, 3.05) is 40.8 Å². The number of nitrogens with zero attached hydrogens (tertiary/aromatic N) is 2. The van der Waals surface area contributed by atoms with Crippen molar-refractivity contribution in [1.29, 1.82) is 0 Å². The molecular weight excluding hydrogens is 324 g/mol. The molecule has 0 radical (unpaired) electrons. The summed E-state index contributed by atoms with van der Waals surface area (Å²) in [6.07, 6.45) is 6.18. The summed E-state index contributed by atoms with van der Waals surface area (Å²) < 4.78 is 5.31. The van der Waals surface area contributed by atoms with E-state index in [0.29, 0.717) is 12.0 Å². The molecule has 26 heavy (non-hydrogen) atoms. The van der Waals surface area contributed by atoms with Gasteiger partial charge in [0.15, 0.2) is 5.96 Å². The Morgan fingerprint density at radius 3 is 2.65 bits per heavy atom. The van der Waals surface area contributed by atoms with Crippen LogP contribution in [0.25, 0.3) is 0 Å². The van der Waals surface area contributed by atoms with Gasteiger partial charge in [-0.2, -0.15) is 0 Å². The molecule has 1 aliphatic heterocycles. The number of guanidine groups is 1. The predicted molar refractivity (Wildman–Crippen MR) is 110 cm³/mol. The van der Waals surface area contributed by atoms with Gasteiger partial charge in [-0.3, -0.25) is 9.89 Å². The number of nitrogens with one attached hydrogen (secondary N) is 2. The highest BCUT2D eigenvalue weighted by Gasteiger charge is 2.30.